The molecule has 0 aromatic carbocycles. The molecule has 1 spiro atoms. The van der Waals surface area contributed by atoms with E-state index >= 15 is 0 Å². The van der Waals surface area contributed by atoms with Crippen LogP contribution >= 0.6 is 0 Å². The minimum Gasteiger partial charge on any atom is -0.480 e. The molecule has 150 valence electrons. The number of aliphatic carboxylic acids is 1. The number of likely N-dealkylation sites (tertiary alicyclic amines) is 1. The smallest absolute Gasteiger partial charge is 0.416 e. The van der Waals surface area contributed by atoms with Crippen LogP contribution in [0.4, 0.5) is 13.2 Å². The summed E-state index contributed by atoms with van der Waals surface area (Å²) in [5.41, 5.74) is -1.50. The van der Waals surface area contributed by atoms with Crippen LogP contribution in [0.15, 0.2) is 17.1 Å². The van der Waals surface area contributed by atoms with Crippen molar-refractivity contribution in [3.63, 3.8) is 0 Å². The number of carboxylic acid groups (broad SMARTS) is 1. The van der Waals surface area contributed by atoms with Crippen molar-refractivity contribution in [2.45, 2.75) is 51.7 Å². The van der Waals surface area contributed by atoms with E-state index in [0.29, 0.717) is 18.0 Å². The van der Waals surface area contributed by atoms with Crippen LogP contribution in [0, 0.1) is 11.3 Å². The third-order valence-corrected chi connectivity index (χ3v) is 5.56. The van der Waals surface area contributed by atoms with Gasteiger partial charge in [-0.25, -0.2) is 4.79 Å². The predicted octanol–water partition coefficient (Wildman–Crippen LogP) is 3.18. The lowest BCUT2D eigenvalue weighted by atomic mass is 9.95. The van der Waals surface area contributed by atoms with Gasteiger partial charge in [0.05, 0.1) is 5.56 Å². The van der Waals surface area contributed by atoms with Gasteiger partial charge in [0.25, 0.3) is 5.56 Å². The lowest BCUT2D eigenvalue weighted by Gasteiger charge is -2.40. The molecule has 0 amide bonds. The molecule has 5 nitrogen and oxygen atoms in total. The number of pyridine rings is 1. The first-order chi connectivity index (χ1) is 12.5. The molecule has 3 rings (SSSR count). The highest BCUT2D eigenvalue weighted by Crippen LogP contribution is 2.52. The van der Waals surface area contributed by atoms with Crippen LogP contribution in [-0.4, -0.2) is 40.2 Å². The molecule has 1 aromatic heterocycles. The quantitative estimate of drug-likeness (QED) is 0.782. The molecule has 2 fully saturated rings. The van der Waals surface area contributed by atoms with Gasteiger partial charge < -0.3 is 14.6 Å². The van der Waals surface area contributed by atoms with Gasteiger partial charge in [0.1, 0.15) is 6.04 Å². The monoisotopic (exact) mass is 386 g/mol. The SMILES string of the molecule is CC(C)CC(C(=O)O)n1cc(CCN2CC3(CC3)C2)c(C(F)(F)F)cc1=O. The molecule has 1 saturated heterocycles. The zero-order valence-electron chi connectivity index (χ0n) is 15.6. The van der Waals surface area contributed by atoms with Crippen LogP contribution in [0.5, 0.6) is 0 Å². The molecule has 8 heteroatoms. The predicted molar refractivity (Wildman–Crippen MR) is 93.6 cm³/mol. The molecule has 2 heterocycles. The van der Waals surface area contributed by atoms with Crippen molar-refractivity contribution in [1.82, 2.24) is 9.47 Å². The molecule has 1 saturated carbocycles. The van der Waals surface area contributed by atoms with E-state index < -0.39 is 29.3 Å². The van der Waals surface area contributed by atoms with Crippen molar-refractivity contribution in [1.29, 1.82) is 0 Å². The number of halogens is 3. The maximum atomic E-state index is 13.4. The van der Waals surface area contributed by atoms with Crippen molar-refractivity contribution in [3.05, 3.63) is 33.7 Å². The lowest BCUT2D eigenvalue weighted by molar-refractivity contribution is -0.141. The van der Waals surface area contributed by atoms with Crippen LogP contribution in [0.3, 0.4) is 0 Å². The van der Waals surface area contributed by atoms with Gasteiger partial charge >= 0.3 is 12.1 Å². The average molecular weight is 386 g/mol. The van der Waals surface area contributed by atoms with Crippen LogP contribution in [0.25, 0.3) is 0 Å². The lowest BCUT2D eigenvalue weighted by Crippen LogP contribution is -2.49. The second kappa shape index (κ2) is 6.96. The molecule has 2 aliphatic rings. The normalized spacial score (nSPS) is 19.9. The minimum absolute atomic E-state index is 0.0143. The molecule has 27 heavy (non-hydrogen) atoms. The van der Waals surface area contributed by atoms with Crippen molar-refractivity contribution >= 4 is 5.97 Å². The van der Waals surface area contributed by atoms with Crippen LogP contribution in [-0.2, 0) is 17.4 Å². The van der Waals surface area contributed by atoms with Gasteiger partial charge in [-0.15, -0.1) is 0 Å². The fraction of sp³-hybridized carbons (Fsp3) is 0.684. The van der Waals surface area contributed by atoms with Crippen molar-refractivity contribution < 1.29 is 23.1 Å². The van der Waals surface area contributed by atoms with Crippen LogP contribution in [0.1, 0.15) is 50.3 Å². The first-order valence-corrected chi connectivity index (χ1v) is 9.28. The van der Waals surface area contributed by atoms with Crippen LogP contribution in [0.2, 0.25) is 0 Å². The van der Waals surface area contributed by atoms with Gasteiger partial charge in [-0.05, 0) is 42.6 Å². The van der Waals surface area contributed by atoms with Gasteiger partial charge in [-0.2, -0.15) is 13.2 Å². The van der Waals surface area contributed by atoms with Crippen molar-refractivity contribution in [2.75, 3.05) is 19.6 Å². The van der Waals surface area contributed by atoms with E-state index in [-0.39, 0.29) is 24.3 Å². The number of nitrogens with zero attached hydrogens (tertiary/aromatic N) is 2. The standard InChI is InChI=1S/C19H25F3N2O3/c1-12(2)7-15(17(26)27)24-9-13(14(8-16(24)25)19(20,21)22)3-6-23-10-18(11-23)4-5-18/h8-9,12,15H,3-7,10-11H2,1-2H3,(H,26,27). The van der Waals surface area contributed by atoms with E-state index in [4.69, 9.17) is 0 Å². The summed E-state index contributed by atoms with van der Waals surface area (Å²) in [5.74, 6) is -1.23. The highest BCUT2D eigenvalue weighted by molar-refractivity contribution is 5.71. The maximum absolute atomic E-state index is 13.4. The molecule has 1 atom stereocenters. The Bertz CT molecular complexity index is 773. The Morgan fingerprint density at radius 2 is 1.93 bits per heavy atom. The van der Waals surface area contributed by atoms with Crippen molar-refractivity contribution in [2.24, 2.45) is 11.3 Å². The van der Waals surface area contributed by atoms with E-state index in [0.717, 1.165) is 23.9 Å². The van der Waals surface area contributed by atoms with Gasteiger partial charge in [-0.3, -0.25) is 4.79 Å². The molecular formula is C19H25F3N2O3. The highest BCUT2D eigenvalue weighted by atomic mass is 19.4. The summed E-state index contributed by atoms with van der Waals surface area (Å²) < 4.78 is 41.2. The topological polar surface area (TPSA) is 62.5 Å². The molecule has 1 aromatic rings. The number of hydrogen-bond acceptors (Lipinski definition) is 3. The molecule has 1 unspecified atom stereocenters. The van der Waals surface area contributed by atoms with E-state index in [1.165, 1.54) is 12.8 Å². The first-order valence-electron chi connectivity index (χ1n) is 9.28. The fourth-order valence-corrected chi connectivity index (χ4v) is 3.91. The third-order valence-electron chi connectivity index (χ3n) is 5.56. The largest absolute Gasteiger partial charge is 0.480 e. The van der Waals surface area contributed by atoms with E-state index in [1.807, 2.05) is 13.8 Å². The van der Waals surface area contributed by atoms with Gasteiger partial charge in [0.2, 0.25) is 0 Å². The summed E-state index contributed by atoms with van der Waals surface area (Å²) in [4.78, 5) is 26.0. The number of hydrogen-bond donors (Lipinski definition) is 1. The number of aromatic nitrogens is 1. The Hall–Kier alpha value is -1.83. The molecule has 1 aliphatic heterocycles. The highest BCUT2D eigenvalue weighted by Gasteiger charge is 2.51. The van der Waals surface area contributed by atoms with Crippen molar-refractivity contribution in [3.8, 4) is 0 Å². The number of carbonyl (C=O) groups is 1. The molecule has 1 aliphatic carbocycles. The Morgan fingerprint density at radius 3 is 2.41 bits per heavy atom. The second-order valence-electron chi connectivity index (χ2n) is 8.40. The Morgan fingerprint density at radius 1 is 1.30 bits per heavy atom. The first kappa shape index (κ1) is 19.9. The Kier molecular flexibility index (Phi) is 5.14. The molecular weight excluding hydrogens is 361 g/mol. The average Bonchev–Trinajstić information content (AvgIpc) is 3.30. The van der Waals surface area contributed by atoms with Gasteiger partial charge in [-0.1, -0.05) is 13.8 Å². The van der Waals surface area contributed by atoms with Crippen LogP contribution < -0.4 is 5.56 Å². The van der Waals surface area contributed by atoms with Gasteiger partial charge in [0, 0.05) is 31.9 Å². The van der Waals surface area contributed by atoms with E-state index in [1.54, 1.807) is 0 Å². The van der Waals surface area contributed by atoms with E-state index in [9.17, 15) is 27.9 Å². The number of carboxylic acids is 1. The zero-order chi connectivity index (χ0) is 20.0. The maximum Gasteiger partial charge on any atom is 0.416 e. The Balaban J connectivity index is 1.87. The summed E-state index contributed by atoms with van der Waals surface area (Å²) >= 11 is 0. The van der Waals surface area contributed by atoms with E-state index in [2.05, 4.69) is 4.90 Å². The second-order valence-corrected chi connectivity index (χ2v) is 8.40. The van der Waals surface area contributed by atoms with Gasteiger partial charge in [0.15, 0.2) is 0 Å². The molecule has 0 bridgehead atoms. The minimum atomic E-state index is -4.64. The Labute approximate surface area is 155 Å². The zero-order valence-corrected chi connectivity index (χ0v) is 15.6. The molecule has 0 radical (unpaired) electrons. The molecule has 1 N–H and O–H groups in total. The summed E-state index contributed by atoms with van der Waals surface area (Å²) in [7, 11) is 0. The fourth-order valence-electron chi connectivity index (χ4n) is 3.91. The third kappa shape index (κ3) is 4.36. The summed E-state index contributed by atoms with van der Waals surface area (Å²) in [6.45, 7) is 5.93. The number of alkyl halides is 3. The summed E-state index contributed by atoms with van der Waals surface area (Å²) in [5, 5.41) is 9.46. The number of rotatable bonds is 7. The summed E-state index contributed by atoms with van der Waals surface area (Å²) in [6, 6.07) is -0.623. The summed E-state index contributed by atoms with van der Waals surface area (Å²) in [6.07, 6.45) is -0.834.